The van der Waals surface area contributed by atoms with Crippen LogP contribution in [0.3, 0.4) is 0 Å². The highest BCUT2D eigenvalue weighted by molar-refractivity contribution is 5.66. The first-order valence-electron chi connectivity index (χ1n) is 10.2. The number of aliphatic hydroxyl groups excluding tert-OH is 1. The molecule has 0 unspecified atom stereocenters. The van der Waals surface area contributed by atoms with Crippen LogP contribution in [-0.4, -0.2) is 45.7 Å². The molecule has 0 bridgehead atoms. The molecular weight excluding hydrogens is 344 g/mol. The molecule has 1 aliphatic heterocycles. The van der Waals surface area contributed by atoms with E-state index in [0.717, 1.165) is 19.3 Å². The quantitative estimate of drug-likeness (QED) is 0.581. The Kier molecular flexibility index (Phi) is 4.85. The van der Waals surface area contributed by atoms with Crippen molar-refractivity contribution in [1.82, 2.24) is 0 Å². The van der Waals surface area contributed by atoms with Gasteiger partial charge >= 0.3 is 5.97 Å². The van der Waals surface area contributed by atoms with E-state index in [2.05, 4.69) is 27.4 Å². The Morgan fingerprint density at radius 2 is 1.93 bits per heavy atom. The molecular formula is C22H36O5. The number of hydrogen-bond acceptors (Lipinski definition) is 5. The average molecular weight is 381 g/mol. The summed E-state index contributed by atoms with van der Waals surface area (Å²) in [6.07, 6.45) is 3.30. The third-order valence-corrected chi connectivity index (χ3v) is 8.02. The van der Waals surface area contributed by atoms with E-state index in [1.54, 1.807) is 6.92 Å². The summed E-state index contributed by atoms with van der Waals surface area (Å²) in [6, 6.07) is 0. The Morgan fingerprint density at radius 1 is 1.30 bits per heavy atom. The predicted molar refractivity (Wildman–Crippen MR) is 103 cm³/mol. The molecule has 3 rings (SSSR count). The van der Waals surface area contributed by atoms with Crippen LogP contribution in [0, 0.1) is 22.7 Å². The number of rotatable bonds is 3. The van der Waals surface area contributed by atoms with Crippen LogP contribution in [0.15, 0.2) is 12.7 Å². The van der Waals surface area contributed by atoms with Crippen molar-refractivity contribution < 1.29 is 24.5 Å². The van der Waals surface area contributed by atoms with Gasteiger partial charge in [-0.25, -0.2) is 0 Å². The first-order valence-corrected chi connectivity index (χ1v) is 10.2. The predicted octanol–water partition coefficient (Wildman–Crippen LogP) is 3.23. The Labute approximate surface area is 163 Å². The van der Waals surface area contributed by atoms with Crippen LogP contribution in [0.1, 0.15) is 67.2 Å². The van der Waals surface area contributed by atoms with E-state index in [9.17, 15) is 15.0 Å². The lowest BCUT2D eigenvalue weighted by Gasteiger charge is -2.63. The van der Waals surface area contributed by atoms with E-state index in [1.807, 2.05) is 6.92 Å². The third-order valence-electron chi connectivity index (χ3n) is 8.02. The summed E-state index contributed by atoms with van der Waals surface area (Å²) < 4.78 is 12.1. The lowest BCUT2D eigenvalue weighted by Crippen LogP contribution is -2.69. The fraction of sp³-hybridized carbons (Fsp3) is 0.864. The van der Waals surface area contributed by atoms with Gasteiger partial charge in [-0.15, -0.1) is 6.58 Å². The molecule has 5 nitrogen and oxygen atoms in total. The molecule has 0 aromatic heterocycles. The highest BCUT2D eigenvalue weighted by atomic mass is 16.6. The largest absolute Gasteiger partial charge is 0.459 e. The minimum Gasteiger partial charge on any atom is -0.459 e. The number of aliphatic hydroxyl groups is 2. The molecule has 5 heteroatoms. The number of ether oxygens (including phenoxy) is 2. The minimum atomic E-state index is -1.17. The van der Waals surface area contributed by atoms with Crippen molar-refractivity contribution in [2.24, 2.45) is 22.7 Å². The molecule has 0 spiro atoms. The van der Waals surface area contributed by atoms with Crippen molar-refractivity contribution in [3.05, 3.63) is 12.7 Å². The van der Waals surface area contributed by atoms with Gasteiger partial charge in [0.15, 0.2) is 0 Å². The molecule has 0 aromatic rings. The first kappa shape index (κ1) is 20.8. The highest BCUT2D eigenvalue weighted by Crippen LogP contribution is 2.66. The van der Waals surface area contributed by atoms with Crippen LogP contribution in [0.25, 0.3) is 0 Å². The Balaban J connectivity index is 2.10. The Hall–Kier alpha value is -0.910. The smallest absolute Gasteiger partial charge is 0.303 e. The van der Waals surface area contributed by atoms with Gasteiger partial charge in [0.05, 0.1) is 11.7 Å². The molecule has 0 radical (unpaired) electrons. The van der Waals surface area contributed by atoms with Gasteiger partial charge in [-0.2, -0.15) is 0 Å². The maximum atomic E-state index is 11.9. The van der Waals surface area contributed by atoms with Crippen LogP contribution >= 0.6 is 0 Å². The fourth-order valence-electron chi connectivity index (χ4n) is 6.75. The number of carbonyl (C=O) groups is 1. The van der Waals surface area contributed by atoms with Crippen molar-refractivity contribution >= 4 is 5.97 Å². The SMILES string of the molecule is C=C[C@](C)(O)[C@@H]1C[C@@H]2[C@]3(C)CCCC(C)(C)[C@@H]3[C@H](OC(C)=O)[C@@H](O)[C@@]2(C)O1. The maximum absolute atomic E-state index is 11.9. The summed E-state index contributed by atoms with van der Waals surface area (Å²) in [6.45, 7) is 15.5. The zero-order chi connectivity index (χ0) is 20.4. The zero-order valence-corrected chi connectivity index (χ0v) is 17.6. The second-order valence-corrected chi connectivity index (χ2v) is 10.4. The number of fused-ring (bicyclic) bond motifs is 3. The molecule has 2 saturated carbocycles. The molecule has 154 valence electrons. The van der Waals surface area contributed by atoms with E-state index in [1.165, 1.54) is 13.0 Å². The van der Waals surface area contributed by atoms with Gasteiger partial charge in [0, 0.05) is 12.8 Å². The fourth-order valence-corrected chi connectivity index (χ4v) is 6.75. The van der Waals surface area contributed by atoms with Crippen LogP contribution in [0.5, 0.6) is 0 Å². The molecule has 0 amide bonds. The number of carbonyl (C=O) groups excluding carboxylic acids is 1. The summed E-state index contributed by atoms with van der Waals surface area (Å²) in [5.41, 5.74) is -2.26. The number of esters is 1. The molecule has 2 N–H and O–H groups in total. The Bertz CT molecular complexity index is 626. The normalized spacial score (nSPS) is 48.1. The monoisotopic (exact) mass is 380 g/mol. The van der Waals surface area contributed by atoms with E-state index in [0.29, 0.717) is 6.42 Å². The van der Waals surface area contributed by atoms with E-state index >= 15 is 0 Å². The number of hydrogen-bond donors (Lipinski definition) is 2. The lowest BCUT2D eigenvalue weighted by atomic mass is 9.44. The molecule has 27 heavy (non-hydrogen) atoms. The van der Waals surface area contributed by atoms with Crippen LogP contribution < -0.4 is 0 Å². The second-order valence-electron chi connectivity index (χ2n) is 10.4. The van der Waals surface area contributed by atoms with Gasteiger partial charge in [-0.05, 0) is 49.9 Å². The van der Waals surface area contributed by atoms with E-state index in [-0.39, 0.29) is 28.6 Å². The van der Waals surface area contributed by atoms with Gasteiger partial charge in [0.2, 0.25) is 0 Å². The van der Waals surface area contributed by atoms with Crippen molar-refractivity contribution in [3.8, 4) is 0 Å². The Morgan fingerprint density at radius 3 is 2.48 bits per heavy atom. The first-order chi connectivity index (χ1) is 12.3. The topological polar surface area (TPSA) is 76.0 Å². The second kappa shape index (κ2) is 6.30. The van der Waals surface area contributed by atoms with Crippen LogP contribution in [0.4, 0.5) is 0 Å². The zero-order valence-electron chi connectivity index (χ0n) is 17.6. The van der Waals surface area contributed by atoms with Gasteiger partial charge in [0.25, 0.3) is 0 Å². The van der Waals surface area contributed by atoms with Gasteiger partial charge in [-0.3, -0.25) is 4.79 Å². The molecule has 0 aromatic carbocycles. The summed E-state index contributed by atoms with van der Waals surface area (Å²) in [4.78, 5) is 11.9. The average Bonchev–Trinajstić information content (AvgIpc) is 2.92. The minimum absolute atomic E-state index is 0.0340. The van der Waals surface area contributed by atoms with Crippen LogP contribution in [-0.2, 0) is 14.3 Å². The molecule has 1 heterocycles. The van der Waals surface area contributed by atoms with Crippen molar-refractivity contribution in [1.29, 1.82) is 0 Å². The van der Waals surface area contributed by atoms with Gasteiger partial charge in [0.1, 0.15) is 17.8 Å². The summed E-state index contributed by atoms with van der Waals surface area (Å²) >= 11 is 0. The maximum Gasteiger partial charge on any atom is 0.303 e. The molecule has 3 aliphatic rings. The summed E-state index contributed by atoms with van der Waals surface area (Å²) in [7, 11) is 0. The van der Waals surface area contributed by atoms with Crippen molar-refractivity contribution in [2.75, 3.05) is 0 Å². The van der Waals surface area contributed by atoms with Crippen molar-refractivity contribution in [3.63, 3.8) is 0 Å². The van der Waals surface area contributed by atoms with Gasteiger partial charge < -0.3 is 19.7 Å². The van der Waals surface area contributed by atoms with Crippen molar-refractivity contribution in [2.45, 2.75) is 96.7 Å². The van der Waals surface area contributed by atoms with Gasteiger partial charge in [-0.1, -0.05) is 33.3 Å². The summed E-state index contributed by atoms with van der Waals surface area (Å²) in [5.74, 6) is -0.281. The molecule has 2 aliphatic carbocycles. The third kappa shape index (κ3) is 2.97. The standard InChI is InChI=1S/C22H36O5/c1-8-21(6,25)15-12-14-20(5)11-9-10-19(3,4)17(20)16(26-13(2)23)18(24)22(14,7)27-15/h8,14-18,24-25H,1,9-12H2,2-7H3/t14-,15+,16+,17+,18-,20+,21+,22+/m1/s1. The highest BCUT2D eigenvalue weighted by Gasteiger charge is 2.70. The lowest BCUT2D eigenvalue weighted by molar-refractivity contribution is -0.267. The molecule has 1 saturated heterocycles. The van der Waals surface area contributed by atoms with Crippen LogP contribution in [0.2, 0.25) is 0 Å². The molecule has 3 fully saturated rings. The summed E-state index contributed by atoms with van der Waals surface area (Å²) in [5, 5.41) is 22.1. The molecule has 8 atom stereocenters. The van der Waals surface area contributed by atoms with E-state index in [4.69, 9.17) is 9.47 Å². The van der Waals surface area contributed by atoms with E-state index < -0.39 is 29.5 Å².